The van der Waals surface area contributed by atoms with Crippen LogP contribution in [0, 0.1) is 19.8 Å². The van der Waals surface area contributed by atoms with Crippen LogP contribution in [0.25, 0.3) is 0 Å². The van der Waals surface area contributed by atoms with Gasteiger partial charge >= 0.3 is 0 Å². The van der Waals surface area contributed by atoms with Gasteiger partial charge in [0.2, 0.25) is 0 Å². The summed E-state index contributed by atoms with van der Waals surface area (Å²) >= 11 is 0. The molecule has 1 atom stereocenters. The maximum atomic E-state index is 10.1. The number of aliphatic hydroxyl groups excluding tert-OH is 1. The lowest BCUT2D eigenvalue weighted by Gasteiger charge is -2.18. The van der Waals surface area contributed by atoms with Crippen molar-refractivity contribution in [3.8, 4) is 0 Å². The van der Waals surface area contributed by atoms with Crippen molar-refractivity contribution in [2.45, 2.75) is 52.2 Å². The average molecular weight is 208 g/mol. The van der Waals surface area contributed by atoms with Crippen molar-refractivity contribution in [2.24, 2.45) is 5.92 Å². The standard InChI is InChI=1S/C12H20N2O/c1-9-10(2)14(8-13-9)7-12(15)11-5-3-4-6-11/h8,11-12,15H,3-7H2,1-2H3. The Morgan fingerprint density at radius 3 is 2.67 bits per heavy atom. The maximum Gasteiger partial charge on any atom is 0.0952 e. The third kappa shape index (κ3) is 2.23. The number of aryl methyl sites for hydroxylation is 1. The number of aromatic nitrogens is 2. The third-order valence-electron chi connectivity index (χ3n) is 3.67. The molecule has 3 nitrogen and oxygen atoms in total. The molecule has 0 bridgehead atoms. The fraction of sp³-hybridized carbons (Fsp3) is 0.750. The van der Waals surface area contributed by atoms with Gasteiger partial charge in [0.1, 0.15) is 0 Å². The second-order valence-electron chi connectivity index (χ2n) is 4.68. The fourth-order valence-corrected chi connectivity index (χ4v) is 2.42. The van der Waals surface area contributed by atoms with E-state index in [1.807, 2.05) is 13.3 Å². The topological polar surface area (TPSA) is 38.0 Å². The van der Waals surface area contributed by atoms with Crippen LogP contribution in [-0.2, 0) is 6.54 Å². The first-order valence-electron chi connectivity index (χ1n) is 5.85. The van der Waals surface area contributed by atoms with Crippen LogP contribution in [0.4, 0.5) is 0 Å². The van der Waals surface area contributed by atoms with Gasteiger partial charge in [-0.05, 0) is 32.6 Å². The van der Waals surface area contributed by atoms with E-state index in [2.05, 4.69) is 16.5 Å². The van der Waals surface area contributed by atoms with Crippen LogP contribution in [0.3, 0.4) is 0 Å². The second kappa shape index (κ2) is 4.35. The minimum absolute atomic E-state index is 0.195. The number of aliphatic hydroxyl groups is 1. The molecule has 3 heteroatoms. The molecule has 0 aliphatic heterocycles. The highest BCUT2D eigenvalue weighted by atomic mass is 16.3. The average Bonchev–Trinajstić information content (AvgIpc) is 2.83. The second-order valence-corrected chi connectivity index (χ2v) is 4.68. The molecule has 0 aromatic carbocycles. The minimum atomic E-state index is -0.195. The summed E-state index contributed by atoms with van der Waals surface area (Å²) in [6.07, 6.45) is 6.58. The predicted molar refractivity (Wildman–Crippen MR) is 59.7 cm³/mol. The van der Waals surface area contributed by atoms with Gasteiger partial charge in [0.05, 0.1) is 24.7 Å². The lowest BCUT2D eigenvalue weighted by Crippen LogP contribution is -2.24. The maximum absolute atomic E-state index is 10.1. The summed E-state index contributed by atoms with van der Waals surface area (Å²) in [5, 5.41) is 10.1. The smallest absolute Gasteiger partial charge is 0.0952 e. The van der Waals surface area contributed by atoms with Gasteiger partial charge in [0, 0.05) is 5.69 Å². The van der Waals surface area contributed by atoms with Gasteiger partial charge in [-0.25, -0.2) is 4.98 Å². The number of imidazole rings is 1. The Kier molecular flexibility index (Phi) is 3.10. The number of nitrogens with zero attached hydrogens (tertiary/aromatic N) is 2. The summed E-state index contributed by atoms with van der Waals surface area (Å²) in [6, 6.07) is 0. The van der Waals surface area contributed by atoms with Crippen LogP contribution >= 0.6 is 0 Å². The normalized spacial score (nSPS) is 19.7. The Morgan fingerprint density at radius 1 is 1.47 bits per heavy atom. The molecule has 1 N–H and O–H groups in total. The van der Waals surface area contributed by atoms with Gasteiger partial charge in [-0.1, -0.05) is 12.8 Å². The van der Waals surface area contributed by atoms with Crippen LogP contribution in [0.2, 0.25) is 0 Å². The molecule has 1 saturated carbocycles. The lowest BCUT2D eigenvalue weighted by atomic mass is 10.0. The Morgan fingerprint density at radius 2 is 2.13 bits per heavy atom. The number of hydrogen-bond acceptors (Lipinski definition) is 2. The molecule has 1 aliphatic carbocycles. The molecule has 15 heavy (non-hydrogen) atoms. The molecular formula is C12H20N2O. The van der Waals surface area contributed by atoms with Crippen LogP contribution in [0.1, 0.15) is 37.1 Å². The quantitative estimate of drug-likeness (QED) is 0.825. The molecule has 1 fully saturated rings. The summed E-state index contributed by atoms with van der Waals surface area (Å²) in [6.45, 7) is 4.77. The lowest BCUT2D eigenvalue weighted by molar-refractivity contribution is 0.0925. The van der Waals surface area contributed by atoms with Gasteiger partial charge in [0.25, 0.3) is 0 Å². The van der Waals surface area contributed by atoms with Gasteiger partial charge in [-0.2, -0.15) is 0 Å². The van der Waals surface area contributed by atoms with Crippen molar-refractivity contribution in [1.29, 1.82) is 0 Å². The van der Waals surface area contributed by atoms with Gasteiger partial charge in [-0.3, -0.25) is 0 Å². The van der Waals surface area contributed by atoms with Crippen molar-refractivity contribution in [2.75, 3.05) is 0 Å². The van der Waals surface area contributed by atoms with E-state index in [1.54, 1.807) is 0 Å². The molecule has 84 valence electrons. The molecule has 1 unspecified atom stereocenters. The highest BCUT2D eigenvalue weighted by Gasteiger charge is 2.23. The van der Waals surface area contributed by atoms with Crippen molar-refractivity contribution in [3.63, 3.8) is 0 Å². The Bertz CT molecular complexity index is 326. The monoisotopic (exact) mass is 208 g/mol. The minimum Gasteiger partial charge on any atom is -0.391 e. The Balaban J connectivity index is 1.98. The van der Waals surface area contributed by atoms with Crippen LogP contribution in [-0.4, -0.2) is 20.8 Å². The molecule has 0 radical (unpaired) electrons. The molecule has 1 aromatic heterocycles. The van der Waals surface area contributed by atoms with Crippen LogP contribution in [0.5, 0.6) is 0 Å². The van der Waals surface area contributed by atoms with Crippen LogP contribution < -0.4 is 0 Å². The first-order valence-corrected chi connectivity index (χ1v) is 5.85. The third-order valence-corrected chi connectivity index (χ3v) is 3.67. The Labute approximate surface area is 91.1 Å². The number of hydrogen-bond donors (Lipinski definition) is 1. The van der Waals surface area contributed by atoms with Crippen molar-refractivity contribution in [3.05, 3.63) is 17.7 Å². The summed E-state index contributed by atoms with van der Waals surface area (Å²) in [5.74, 6) is 0.507. The van der Waals surface area contributed by atoms with E-state index < -0.39 is 0 Å². The number of rotatable bonds is 3. The predicted octanol–water partition coefficient (Wildman–Crippen LogP) is 2.05. The van der Waals surface area contributed by atoms with Gasteiger partial charge in [0.15, 0.2) is 0 Å². The molecule has 1 heterocycles. The molecule has 2 rings (SSSR count). The molecule has 0 amide bonds. The molecular weight excluding hydrogens is 188 g/mol. The summed E-state index contributed by atoms with van der Waals surface area (Å²) < 4.78 is 2.07. The van der Waals surface area contributed by atoms with Gasteiger partial charge in [-0.15, -0.1) is 0 Å². The van der Waals surface area contributed by atoms with Crippen molar-refractivity contribution >= 4 is 0 Å². The van der Waals surface area contributed by atoms with Gasteiger partial charge < -0.3 is 9.67 Å². The van der Waals surface area contributed by atoms with E-state index in [9.17, 15) is 5.11 Å². The summed E-state index contributed by atoms with van der Waals surface area (Å²) in [5.41, 5.74) is 2.24. The van der Waals surface area contributed by atoms with E-state index in [-0.39, 0.29) is 6.10 Å². The van der Waals surface area contributed by atoms with Crippen molar-refractivity contribution < 1.29 is 5.11 Å². The van der Waals surface area contributed by atoms with E-state index in [1.165, 1.54) is 31.4 Å². The SMILES string of the molecule is Cc1ncn(CC(O)C2CCCC2)c1C. The first-order chi connectivity index (χ1) is 7.18. The van der Waals surface area contributed by atoms with E-state index >= 15 is 0 Å². The molecule has 1 aliphatic rings. The van der Waals surface area contributed by atoms with Crippen LogP contribution in [0.15, 0.2) is 6.33 Å². The van der Waals surface area contributed by atoms with Crippen molar-refractivity contribution in [1.82, 2.24) is 9.55 Å². The zero-order chi connectivity index (χ0) is 10.8. The highest BCUT2D eigenvalue weighted by molar-refractivity contribution is 5.08. The molecule has 0 saturated heterocycles. The zero-order valence-electron chi connectivity index (χ0n) is 9.61. The summed E-state index contributed by atoms with van der Waals surface area (Å²) in [7, 11) is 0. The van der Waals surface area contributed by atoms with E-state index in [0.29, 0.717) is 12.5 Å². The zero-order valence-corrected chi connectivity index (χ0v) is 9.61. The van der Waals surface area contributed by atoms with E-state index in [0.717, 1.165) is 5.69 Å². The highest BCUT2D eigenvalue weighted by Crippen LogP contribution is 2.28. The van der Waals surface area contributed by atoms with E-state index in [4.69, 9.17) is 0 Å². The molecule has 1 aromatic rings. The largest absolute Gasteiger partial charge is 0.391 e. The Hall–Kier alpha value is -0.830. The summed E-state index contributed by atoms with van der Waals surface area (Å²) in [4.78, 5) is 4.25. The molecule has 0 spiro atoms. The fourth-order valence-electron chi connectivity index (χ4n) is 2.42. The first kappa shape index (κ1) is 10.7.